The first-order chi connectivity index (χ1) is 13.9. The molecule has 1 aliphatic carbocycles. The summed E-state index contributed by atoms with van der Waals surface area (Å²) in [7, 11) is 0. The van der Waals surface area contributed by atoms with Crippen LogP contribution in [0.1, 0.15) is 25.7 Å². The summed E-state index contributed by atoms with van der Waals surface area (Å²) in [6, 6.07) is 21.9. The summed E-state index contributed by atoms with van der Waals surface area (Å²) in [6.07, 6.45) is 8.31. The Hall–Kier alpha value is -3.14. The van der Waals surface area contributed by atoms with E-state index in [9.17, 15) is 0 Å². The fourth-order valence-corrected chi connectivity index (χ4v) is 4.24. The Balaban J connectivity index is 1.25. The molecule has 4 aromatic rings. The van der Waals surface area contributed by atoms with Crippen molar-refractivity contribution >= 4 is 33.2 Å². The van der Waals surface area contributed by atoms with Gasteiger partial charge in [0.15, 0.2) is 0 Å². The van der Waals surface area contributed by atoms with E-state index in [0.717, 1.165) is 37.3 Å². The molecule has 0 radical (unpaired) electrons. The fraction of sp³-hybridized carbons (Fsp3) is 0.250. The summed E-state index contributed by atoms with van der Waals surface area (Å²) in [4.78, 5) is 9.17. The van der Waals surface area contributed by atoms with Crippen molar-refractivity contribution in [2.24, 2.45) is 0 Å². The summed E-state index contributed by atoms with van der Waals surface area (Å²) in [5.74, 6) is 2.01. The van der Waals surface area contributed by atoms with Gasteiger partial charge in [0.05, 0.1) is 0 Å². The first kappa shape index (κ1) is 17.0. The Kier molecular flexibility index (Phi) is 4.53. The molecule has 0 amide bonds. The van der Waals surface area contributed by atoms with Crippen LogP contribution in [0.2, 0.25) is 0 Å². The molecule has 0 atom stereocenters. The monoisotopic (exact) mass is 368 g/mol. The van der Waals surface area contributed by atoms with Crippen LogP contribution in [0.15, 0.2) is 73.1 Å². The van der Waals surface area contributed by atoms with Gasteiger partial charge < -0.3 is 10.6 Å². The zero-order valence-corrected chi connectivity index (χ0v) is 15.8. The third-order valence-electron chi connectivity index (χ3n) is 5.76. The van der Waals surface area contributed by atoms with E-state index < -0.39 is 0 Å². The zero-order chi connectivity index (χ0) is 18.8. The number of nitrogens with zero attached hydrogens (tertiary/aromatic N) is 2. The molecule has 140 valence electrons. The number of pyridine rings is 2. The van der Waals surface area contributed by atoms with Gasteiger partial charge in [0.25, 0.3) is 0 Å². The van der Waals surface area contributed by atoms with Crippen LogP contribution in [0.4, 0.5) is 11.6 Å². The first-order valence-corrected chi connectivity index (χ1v) is 10.1. The van der Waals surface area contributed by atoms with Crippen molar-refractivity contribution in [1.82, 2.24) is 9.97 Å². The van der Waals surface area contributed by atoms with E-state index in [1.165, 1.54) is 21.5 Å². The minimum absolute atomic E-state index is 0.469. The van der Waals surface area contributed by atoms with E-state index in [-0.39, 0.29) is 0 Å². The Morgan fingerprint density at radius 3 is 1.46 bits per heavy atom. The quantitative estimate of drug-likeness (QED) is 0.491. The van der Waals surface area contributed by atoms with Crippen LogP contribution in [-0.4, -0.2) is 22.1 Å². The average molecular weight is 368 g/mol. The molecule has 5 rings (SSSR count). The highest BCUT2D eigenvalue weighted by Gasteiger charge is 2.22. The molecule has 2 aromatic heterocycles. The van der Waals surface area contributed by atoms with Gasteiger partial charge in [-0.3, -0.25) is 0 Å². The lowest BCUT2D eigenvalue weighted by Gasteiger charge is -2.30. The van der Waals surface area contributed by atoms with Crippen LogP contribution in [-0.2, 0) is 0 Å². The fourth-order valence-electron chi connectivity index (χ4n) is 4.24. The predicted molar refractivity (Wildman–Crippen MR) is 117 cm³/mol. The van der Waals surface area contributed by atoms with Crippen LogP contribution in [0.3, 0.4) is 0 Å². The van der Waals surface area contributed by atoms with Gasteiger partial charge in [-0.2, -0.15) is 0 Å². The van der Waals surface area contributed by atoms with Crippen LogP contribution in [0.5, 0.6) is 0 Å². The lowest BCUT2D eigenvalue weighted by molar-refractivity contribution is 0.428. The Morgan fingerprint density at radius 1 is 0.571 bits per heavy atom. The van der Waals surface area contributed by atoms with Gasteiger partial charge in [-0.05, 0) is 48.6 Å². The second kappa shape index (κ2) is 7.47. The van der Waals surface area contributed by atoms with E-state index in [1.54, 1.807) is 0 Å². The van der Waals surface area contributed by atoms with Crippen LogP contribution in [0.25, 0.3) is 21.5 Å². The number of hydrogen-bond donors (Lipinski definition) is 2. The molecule has 2 N–H and O–H groups in total. The molecular formula is C24H24N4. The molecule has 28 heavy (non-hydrogen) atoms. The van der Waals surface area contributed by atoms with Gasteiger partial charge in [-0.1, -0.05) is 48.5 Å². The number of rotatable bonds is 4. The maximum absolute atomic E-state index is 4.59. The third kappa shape index (κ3) is 3.38. The Labute approximate surface area is 165 Å². The Morgan fingerprint density at radius 2 is 1.00 bits per heavy atom. The normalized spacial score (nSPS) is 19.6. The average Bonchev–Trinajstić information content (AvgIpc) is 2.76. The van der Waals surface area contributed by atoms with Gasteiger partial charge in [0, 0.05) is 35.2 Å². The molecule has 2 aromatic carbocycles. The molecule has 1 aliphatic rings. The summed E-state index contributed by atoms with van der Waals surface area (Å²) in [6.45, 7) is 0. The molecule has 0 spiro atoms. The van der Waals surface area contributed by atoms with Crippen molar-refractivity contribution in [2.45, 2.75) is 37.8 Å². The van der Waals surface area contributed by atoms with E-state index in [2.05, 4.69) is 81.3 Å². The summed E-state index contributed by atoms with van der Waals surface area (Å²) in [5, 5.41) is 12.2. The summed E-state index contributed by atoms with van der Waals surface area (Å²) < 4.78 is 0. The highest BCUT2D eigenvalue weighted by Crippen LogP contribution is 2.28. The molecule has 2 heterocycles. The van der Waals surface area contributed by atoms with Crippen molar-refractivity contribution < 1.29 is 0 Å². The van der Waals surface area contributed by atoms with Gasteiger partial charge >= 0.3 is 0 Å². The van der Waals surface area contributed by atoms with Gasteiger partial charge in [0.1, 0.15) is 11.6 Å². The van der Waals surface area contributed by atoms with Crippen molar-refractivity contribution in [3.63, 3.8) is 0 Å². The molecular weight excluding hydrogens is 344 g/mol. The molecule has 1 fully saturated rings. The van der Waals surface area contributed by atoms with Crippen molar-refractivity contribution in [1.29, 1.82) is 0 Å². The van der Waals surface area contributed by atoms with Gasteiger partial charge in [0.2, 0.25) is 0 Å². The topological polar surface area (TPSA) is 49.8 Å². The Bertz CT molecular complexity index is 1000. The SMILES string of the molecule is c1ccc2c(N[C@H]3CC[C@H](Nc4nccc5ccccc45)CC3)nccc2c1. The minimum Gasteiger partial charge on any atom is -0.367 e. The molecule has 0 aliphatic heterocycles. The smallest absolute Gasteiger partial charge is 0.134 e. The summed E-state index contributed by atoms with van der Waals surface area (Å²) in [5.41, 5.74) is 0. The molecule has 4 heteroatoms. The third-order valence-corrected chi connectivity index (χ3v) is 5.76. The standard InChI is InChI=1S/C24H24N4/c1-3-7-21-17(5-1)13-15-25-23(21)27-19-9-11-20(12-10-19)28-24-22-8-4-2-6-18(22)14-16-26-24/h1-8,13-16,19-20H,9-12H2,(H,25,27)(H,26,28)/t19-,20-. The number of fused-ring (bicyclic) bond motifs is 2. The van der Waals surface area contributed by atoms with Gasteiger partial charge in [-0.25, -0.2) is 9.97 Å². The number of nitrogens with one attached hydrogen (secondary N) is 2. The molecule has 0 unspecified atom stereocenters. The number of hydrogen-bond acceptors (Lipinski definition) is 4. The molecule has 4 nitrogen and oxygen atoms in total. The van der Waals surface area contributed by atoms with Gasteiger partial charge in [-0.15, -0.1) is 0 Å². The molecule has 0 saturated heterocycles. The highest BCUT2D eigenvalue weighted by atomic mass is 15.0. The zero-order valence-electron chi connectivity index (χ0n) is 15.8. The van der Waals surface area contributed by atoms with Crippen LogP contribution in [0, 0.1) is 0 Å². The van der Waals surface area contributed by atoms with Crippen molar-refractivity contribution in [2.75, 3.05) is 10.6 Å². The predicted octanol–water partition coefficient (Wildman–Crippen LogP) is 5.62. The first-order valence-electron chi connectivity index (χ1n) is 10.1. The second-order valence-corrected chi connectivity index (χ2v) is 7.60. The van der Waals surface area contributed by atoms with E-state index >= 15 is 0 Å². The number of anilines is 2. The lowest BCUT2D eigenvalue weighted by atomic mass is 9.91. The number of benzene rings is 2. The van der Waals surface area contributed by atoms with Crippen LogP contribution < -0.4 is 10.6 Å². The summed E-state index contributed by atoms with van der Waals surface area (Å²) >= 11 is 0. The largest absolute Gasteiger partial charge is 0.367 e. The van der Waals surface area contributed by atoms with Crippen LogP contribution >= 0.6 is 0 Å². The number of aromatic nitrogens is 2. The molecule has 0 bridgehead atoms. The van der Waals surface area contributed by atoms with E-state index in [4.69, 9.17) is 0 Å². The van der Waals surface area contributed by atoms with Crippen molar-refractivity contribution in [3.8, 4) is 0 Å². The van der Waals surface area contributed by atoms with E-state index in [1.807, 2.05) is 12.4 Å². The highest BCUT2D eigenvalue weighted by molar-refractivity contribution is 5.92. The van der Waals surface area contributed by atoms with E-state index in [0.29, 0.717) is 12.1 Å². The maximum Gasteiger partial charge on any atom is 0.134 e. The second-order valence-electron chi connectivity index (χ2n) is 7.60. The lowest BCUT2D eigenvalue weighted by Crippen LogP contribution is -2.32. The minimum atomic E-state index is 0.469. The maximum atomic E-state index is 4.59. The van der Waals surface area contributed by atoms with Crippen molar-refractivity contribution in [3.05, 3.63) is 73.1 Å². The molecule has 1 saturated carbocycles.